The Bertz CT molecular complexity index is 1320. The average Bonchev–Trinajstić information content (AvgIpc) is 3.43. The number of carbonyl (C=O) groups is 1. The molecule has 0 saturated carbocycles. The fraction of sp³-hybridized carbons (Fsp3) is 0.958. The van der Waals surface area contributed by atoms with E-state index in [0.717, 1.165) is 32.1 Å². The molecule has 0 fully saturated rings. The summed E-state index contributed by atoms with van der Waals surface area (Å²) in [5.74, 6) is -0.166. The molecule has 484 valence electrons. The number of hydrogen-bond donors (Lipinski definition) is 3. The van der Waals surface area contributed by atoms with E-state index >= 15 is 0 Å². The summed E-state index contributed by atoms with van der Waals surface area (Å²) in [5.41, 5.74) is 0. The van der Waals surface area contributed by atoms with Gasteiger partial charge in [-0.15, -0.1) is 0 Å². The predicted octanol–water partition coefficient (Wildman–Crippen LogP) is 23.3. The van der Waals surface area contributed by atoms with Crippen molar-refractivity contribution in [1.82, 2.24) is 5.32 Å². The number of nitrogens with one attached hydrogen (secondary N) is 1. The number of phosphoric ester groups is 1. The molecule has 0 aliphatic carbocycles. The van der Waals surface area contributed by atoms with E-state index < -0.39 is 20.0 Å². The summed E-state index contributed by atoms with van der Waals surface area (Å²) >= 11 is 0. The summed E-state index contributed by atoms with van der Waals surface area (Å²) in [6, 6.07) is -0.844. The van der Waals surface area contributed by atoms with Crippen LogP contribution in [0.2, 0.25) is 0 Å². The van der Waals surface area contributed by atoms with Crippen LogP contribution in [0.25, 0.3) is 0 Å². The number of hydrogen-bond acceptors (Lipinski definition) is 5. The average molecular weight is 1170 g/mol. The highest BCUT2D eigenvalue weighted by Gasteiger charge is 2.28. The molecule has 0 aliphatic rings. The van der Waals surface area contributed by atoms with Gasteiger partial charge in [-0.25, -0.2) is 4.57 Å². The minimum Gasteiger partial charge on any atom is -0.387 e. The van der Waals surface area contributed by atoms with Crippen molar-refractivity contribution < 1.29 is 32.9 Å². The molecule has 0 aliphatic heterocycles. The van der Waals surface area contributed by atoms with Gasteiger partial charge < -0.3 is 19.8 Å². The number of nitrogens with zero attached hydrogens (tertiary/aromatic N) is 1. The second-order valence-corrected chi connectivity index (χ2v) is 28.1. The van der Waals surface area contributed by atoms with Gasteiger partial charge in [-0.2, -0.15) is 0 Å². The van der Waals surface area contributed by atoms with Gasteiger partial charge in [0.15, 0.2) is 0 Å². The van der Waals surface area contributed by atoms with Gasteiger partial charge >= 0.3 is 7.82 Å². The maximum Gasteiger partial charge on any atom is 0.472 e. The number of unbranched alkanes of at least 4 members (excludes halogenated alkanes) is 56. The van der Waals surface area contributed by atoms with Gasteiger partial charge in [0, 0.05) is 6.42 Å². The molecule has 3 atom stereocenters. The van der Waals surface area contributed by atoms with Crippen LogP contribution in [-0.2, 0) is 18.4 Å². The molecule has 9 heteroatoms. The van der Waals surface area contributed by atoms with E-state index in [1.165, 1.54) is 340 Å². The van der Waals surface area contributed by atoms with Crippen molar-refractivity contribution in [3.8, 4) is 0 Å². The molecule has 0 heterocycles. The highest BCUT2D eigenvalue weighted by Crippen LogP contribution is 2.43. The minimum absolute atomic E-state index is 0.0655. The van der Waals surface area contributed by atoms with E-state index in [2.05, 4.69) is 19.2 Å². The Kier molecular flexibility index (Phi) is 63.1. The van der Waals surface area contributed by atoms with E-state index in [9.17, 15) is 19.4 Å². The molecular weight excluding hydrogens is 1020 g/mol. The lowest BCUT2D eigenvalue weighted by molar-refractivity contribution is -0.870. The van der Waals surface area contributed by atoms with Crippen molar-refractivity contribution in [2.45, 2.75) is 405 Å². The molecule has 1 amide bonds. The Morgan fingerprint density at radius 3 is 0.914 bits per heavy atom. The summed E-state index contributed by atoms with van der Waals surface area (Å²) in [5, 5.41) is 14.0. The number of phosphoric acid groups is 1. The number of quaternary nitrogens is 1. The molecule has 0 aromatic rings. The van der Waals surface area contributed by atoms with Crippen LogP contribution in [0.5, 0.6) is 0 Å². The van der Waals surface area contributed by atoms with Crippen LogP contribution in [-0.4, -0.2) is 73.4 Å². The third-order valence-electron chi connectivity index (χ3n) is 17.3. The molecular formula is C72H146N2O6P+. The second-order valence-electron chi connectivity index (χ2n) is 26.7. The molecule has 0 rings (SSSR count). The number of rotatable bonds is 69. The van der Waals surface area contributed by atoms with E-state index in [1.807, 2.05) is 27.2 Å². The molecule has 8 nitrogen and oxygen atoms in total. The van der Waals surface area contributed by atoms with Crippen LogP contribution in [0.4, 0.5) is 0 Å². The number of amides is 1. The molecule has 81 heavy (non-hydrogen) atoms. The van der Waals surface area contributed by atoms with Gasteiger partial charge in [0.25, 0.3) is 0 Å². The Labute approximate surface area is 507 Å². The van der Waals surface area contributed by atoms with E-state index in [4.69, 9.17) is 9.05 Å². The number of aliphatic hydroxyl groups is 1. The highest BCUT2D eigenvalue weighted by atomic mass is 31.2. The maximum atomic E-state index is 13.1. The maximum absolute atomic E-state index is 13.1. The Morgan fingerprint density at radius 1 is 0.407 bits per heavy atom. The standard InChI is InChI=1S/C72H145N2O6P/c1-6-8-10-12-14-16-18-20-22-24-26-28-30-31-32-33-34-35-36-37-38-39-40-41-42-44-46-48-50-52-54-56-58-60-62-64-66-72(76)73-70(69-80-81(77,78)79-68-67-74(3,4)5)71(75)65-63-61-59-57-55-53-51-49-47-45-43-29-27-25-23-21-19-17-15-13-11-9-7-2/h63,65,70-71,75H,6-62,64,66-69H2,1-5H3,(H-,73,76,77,78)/p+1/b65-63+. The molecule has 0 bridgehead atoms. The molecule has 0 radical (unpaired) electrons. The van der Waals surface area contributed by atoms with Gasteiger partial charge in [0.1, 0.15) is 13.2 Å². The number of carbonyl (C=O) groups excluding carboxylic acids is 1. The monoisotopic (exact) mass is 1170 g/mol. The van der Waals surface area contributed by atoms with Crippen molar-refractivity contribution in [1.29, 1.82) is 0 Å². The first kappa shape index (κ1) is 80.2. The topological polar surface area (TPSA) is 105 Å². The summed E-state index contributed by atoms with van der Waals surface area (Å²) in [6.45, 7) is 4.89. The van der Waals surface area contributed by atoms with Gasteiger partial charge in [0.2, 0.25) is 5.91 Å². The summed E-state index contributed by atoms with van der Waals surface area (Å²) in [7, 11) is 1.60. The van der Waals surface area contributed by atoms with Crippen molar-refractivity contribution >= 4 is 13.7 Å². The molecule has 3 unspecified atom stereocenters. The second kappa shape index (κ2) is 63.7. The van der Waals surface area contributed by atoms with E-state index in [1.54, 1.807) is 6.08 Å². The van der Waals surface area contributed by atoms with Crippen molar-refractivity contribution in [2.75, 3.05) is 40.9 Å². The zero-order valence-corrected chi connectivity index (χ0v) is 56.5. The van der Waals surface area contributed by atoms with E-state index in [-0.39, 0.29) is 19.1 Å². The molecule has 0 spiro atoms. The third-order valence-corrected chi connectivity index (χ3v) is 18.2. The lowest BCUT2D eigenvalue weighted by atomic mass is 10.0. The number of likely N-dealkylation sites (N-methyl/N-ethyl adjacent to an activating group) is 1. The minimum atomic E-state index is -4.35. The third kappa shape index (κ3) is 66.6. The van der Waals surface area contributed by atoms with Gasteiger partial charge in [-0.3, -0.25) is 13.8 Å². The predicted molar refractivity (Wildman–Crippen MR) is 355 cm³/mol. The lowest BCUT2D eigenvalue weighted by Crippen LogP contribution is -2.45. The van der Waals surface area contributed by atoms with Crippen LogP contribution in [0.15, 0.2) is 12.2 Å². The van der Waals surface area contributed by atoms with Crippen LogP contribution < -0.4 is 5.32 Å². The first-order valence-electron chi connectivity index (χ1n) is 36.6. The van der Waals surface area contributed by atoms with Crippen LogP contribution in [0.1, 0.15) is 393 Å². The first-order valence-corrected chi connectivity index (χ1v) is 38.1. The Hall–Kier alpha value is -0.760. The highest BCUT2D eigenvalue weighted by molar-refractivity contribution is 7.47. The largest absolute Gasteiger partial charge is 0.472 e. The zero-order chi connectivity index (χ0) is 59.1. The molecule has 0 saturated heterocycles. The Balaban J connectivity index is 3.94. The fourth-order valence-electron chi connectivity index (χ4n) is 11.6. The molecule has 3 N–H and O–H groups in total. The van der Waals surface area contributed by atoms with Crippen molar-refractivity contribution in [3.63, 3.8) is 0 Å². The molecule has 0 aromatic carbocycles. The van der Waals surface area contributed by atoms with Crippen LogP contribution in [0.3, 0.4) is 0 Å². The smallest absolute Gasteiger partial charge is 0.387 e. The van der Waals surface area contributed by atoms with Gasteiger partial charge in [0.05, 0.1) is 39.9 Å². The fourth-order valence-corrected chi connectivity index (χ4v) is 12.3. The quantitative estimate of drug-likeness (QED) is 0.0243. The van der Waals surface area contributed by atoms with Gasteiger partial charge in [-0.05, 0) is 19.3 Å². The van der Waals surface area contributed by atoms with Crippen LogP contribution >= 0.6 is 7.82 Å². The Morgan fingerprint density at radius 2 is 0.654 bits per heavy atom. The zero-order valence-electron chi connectivity index (χ0n) is 55.6. The number of allylic oxidation sites excluding steroid dienone is 1. The molecule has 0 aromatic heterocycles. The summed E-state index contributed by atoms with van der Waals surface area (Å²) in [6.07, 6.45) is 82.4. The van der Waals surface area contributed by atoms with Crippen molar-refractivity contribution in [3.05, 3.63) is 12.2 Å². The normalized spacial score (nSPS) is 13.6. The number of aliphatic hydroxyl groups excluding tert-OH is 1. The lowest BCUT2D eigenvalue weighted by Gasteiger charge is -2.25. The first-order chi connectivity index (χ1) is 39.5. The van der Waals surface area contributed by atoms with Crippen molar-refractivity contribution in [2.24, 2.45) is 0 Å². The van der Waals surface area contributed by atoms with Gasteiger partial charge in [-0.1, -0.05) is 379 Å². The SMILES string of the molecule is CCCCCCCCCCCCCCCCCCCCCCC/C=C/C(O)C(COP(=O)(O)OCC[N+](C)(C)C)NC(=O)CCCCCCCCCCCCCCCCCCCCCCCCCCCCCCCCCCCCCC. The van der Waals surface area contributed by atoms with Crippen LogP contribution in [0, 0.1) is 0 Å². The van der Waals surface area contributed by atoms with E-state index in [0.29, 0.717) is 17.4 Å². The summed E-state index contributed by atoms with van der Waals surface area (Å²) < 4.78 is 23.8. The summed E-state index contributed by atoms with van der Waals surface area (Å²) in [4.78, 5) is 23.4.